The average molecular weight is 379 g/mol. The van der Waals surface area contributed by atoms with Gasteiger partial charge in [-0.3, -0.25) is 4.79 Å². The maximum absolute atomic E-state index is 12.6. The van der Waals surface area contributed by atoms with E-state index in [9.17, 15) is 18.0 Å². The zero-order valence-electron chi connectivity index (χ0n) is 14.1. The van der Waals surface area contributed by atoms with E-state index in [4.69, 9.17) is 4.74 Å². The van der Waals surface area contributed by atoms with Gasteiger partial charge >= 0.3 is 6.18 Å². The highest BCUT2D eigenvalue weighted by atomic mass is 19.4. The van der Waals surface area contributed by atoms with E-state index in [1.807, 2.05) is 9.80 Å². The van der Waals surface area contributed by atoms with Crippen LogP contribution in [0.2, 0.25) is 0 Å². The van der Waals surface area contributed by atoms with E-state index in [0.29, 0.717) is 38.2 Å². The maximum atomic E-state index is 12.6. The molecule has 1 fully saturated rings. The highest BCUT2D eigenvalue weighted by Crippen LogP contribution is 2.31. The third kappa shape index (κ3) is 4.72. The first kappa shape index (κ1) is 18.6. The van der Waals surface area contributed by atoms with Gasteiger partial charge in [-0.15, -0.1) is 0 Å². The Morgan fingerprint density at radius 2 is 1.78 bits per heavy atom. The molecule has 0 spiro atoms. The average Bonchev–Trinajstić information content (AvgIpc) is 2.67. The summed E-state index contributed by atoms with van der Waals surface area (Å²) >= 11 is 0. The summed E-state index contributed by atoms with van der Waals surface area (Å²) < 4.78 is 43.4. The zero-order valence-corrected chi connectivity index (χ0v) is 14.1. The first-order valence-corrected chi connectivity index (χ1v) is 8.10. The summed E-state index contributed by atoms with van der Waals surface area (Å²) in [4.78, 5) is 26.5. The van der Waals surface area contributed by atoms with Crippen LogP contribution in [0.4, 0.5) is 19.0 Å². The van der Waals surface area contributed by atoms with Crippen LogP contribution in [0, 0.1) is 0 Å². The number of carbonyl (C=O) groups excluding carboxylic acids is 1. The fourth-order valence-corrected chi connectivity index (χ4v) is 2.55. The van der Waals surface area contributed by atoms with Crippen molar-refractivity contribution in [2.45, 2.75) is 6.18 Å². The fraction of sp³-hybridized carbons (Fsp3) is 0.294. The number of alkyl halides is 3. The van der Waals surface area contributed by atoms with Gasteiger partial charge in [-0.1, -0.05) is 0 Å². The molecular weight excluding hydrogens is 363 g/mol. The number of halogens is 3. The lowest BCUT2D eigenvalue weighted by Crippen LogP contribution is -2.44. The van der Waals surface area contributed by atoms with Gasteiger partial charge in [0.15, 0.2) is 5.82 Å². The predicted octanol–water partition coefficient (Wildman–Crippen LogP) is 2.52. The van der Waals surface area contributed by atoms with Crippen molar-refractivity contribution in [3.8, 4) is 11.8 Å². The molecule has 0 N–H and O–H groups in total. The largest absolute Gasteiger partial charge is 0.417 e. The van der Waals surface area contributed by atoms with Crippen LogP contribution in [0.25, 0.3) is 0 Å². The van der Waals surface area contributed by atoms with Gasteiger partial charge in [0.2, 0.25) is 5.88 Å². The Kier molecular flexibility index (Phi) is 5.53. The number of allylic oxidation sites excluding steroid dienone is 1. The van der Waals surface area contributed by atoms with Crippen LogP contribution in [-0.4, -0.2) is 52.3 Å². The number of aldehydes is 1. The first-order chi connectivity index (χ1) is 13.0. The maximum Gasteiger partial charge on any atom is 0.417 e. The molecule has 3 heterocycles. The minimum Gasteiger partial charge on any atom is -0.417 e. The standard InChI is InChI=1S/C17H16F3N5O2/c18-17(19,20)13-2-3-14(23-12-13)27-16-15(21-4-5-22-16)25-9-7-24(8-10-25)6-1-11-26/h1-6,11-12H,7-10H2. The van der Waals surface area contributed by atoms with Crippen molar-refractivity contribution in [2.75, 3.05) is 31.1 Å². The molecular formula is C17H16F3N5O2. The minimum atomic E-state index is -4.46. The van der Waals surface area contributed by atoms with Crippen LogP contribution in [-0.2, 0) is 11.0 Å². The SMILES string of the molecule is O=CC=CN1CCN(c2nccnc2Oc2ccc(C(F)(F)F)cn2)CC1. The number of nitrogens with zero attached hydrogens (tertiary/aromatic N) is 5. The van der Waals surface area contributed by atoms with E-state index in [-0.39, 0.29) is 11.8 Å². The van der Waals surface area contributed by atoms with Gasteiger partial charge in [0, 0.05) is 57.0 Å². The van der Waals surface area contributed by atoms with Gasteiger partial charge in [0.25, 0.3) is 5.88 Å². The molecule has 0 saturated carbocycles. The quantitative estimate of drug-likeness (QED) is 0.584. The molecule has 1 aliphatic heterocycles. The second-order valence-electron chi connectivity index (χ2n) is 5.67. The van der Waals surface area contributed by atoms with E-state index >= 15 is 0 Å². The van der Waals surface area contributed by atoms with Crippen molar-refractivity contribution in [2.24, 2.45) is 0 Å². The highest BCUT2D eigenvalue weighted by Gasteiger charge is 2.31. The molecule has 1 saturated heterocycles. The van der Waals surface area contributed by atoms with E-state index in [1.54, 1.807) is 6.20 Å². The van der Waals surface area contributed by atoms with Crippen LogP contribution in [0.5, 0.6) is 11.8 Å². The molecule has 2 aromatic rings. The van der Waals surface area contributed by atoms with Gasteiger partial charge in [0.1, 0.15) is 6.29 Å². The smallest absolute Gasteiger partial charge is 0.417 e. The van der Waals surface area contributed by atoms with E-state index < -0.39 is 11.7 Å². The number of hydrogen-bond donors (Lipinski definition) is 0. The summed E-state index contributed by atoms with van der Waals surface area (Å²) in [7, 11) is 0. The summed E-state index contributed by atoms with van der Waals surface area (Å²) in [6, 6.07) is 2.04. The number of anilines is 1. The van der Waals surface area contributed by atoms with Crippen molar-refractivity contribution >= 4 is 12.1 Å². The Morgan fingerprint density at radius 1 is 1.04 bits per heavy atom. The summed E-state index contributed by atoms with van der Waals surface area (Å²) in [6.07, 6.45) is 3.09. The van der Waals surface area contributed by atoms with Crippen molar-refractivity contribution < 1.29 is 22.7 Å². The third-order valence-electron chi connectivity index (χ3n) is 3.90. The summed E-state index contributed by atoms with van der Waals surface area (Å²) in [5, 5.41) is 0. The molecule has 2 aromatic heterocycles. The number of carbonyl (C=O) groups is 1. The lowest BCUT2D eigenvalue weighted by atomic mass is 10.3. The Balaban J connectivity index is 1.71. The van der Waals surface area contributed by atoms with Crippen LogP contribution < -0.4 is 9.64 Å². The lowest BCUT2D eigenvalue weighted by molar-refractivity contribution is -0.137. The molecule has 7 nitrogen and oxygen atoms in total. The summed E-state index contributed by atoms with van der Waals surface area (Å²) in [5.41, 5.74) is -0.853. The molecule has 142 valence electrons. The number of aromatic nitrogens is 3. The third-order valence-corrected chi connectivity index (χ3v) is 3.90. The van der Waals surface area contributed by atoms with Crippen molar-refractivity contribution in [3.63, 3.8) is 0 Å². The molecule has 0 atom stereocenters. The van der Waals surface area contributed by atoms with Crippen molar-refractivity contribution in [3.05, 3.63) is 48.6 Å². The Hall–Kier alpha value is -3.17. The van der Waals surface area contributed by atoms with Gasteiger partial charge in [-0.05, 0) is 12.1 Å². The van der Waals surface area contributed by atoms with E-state index in [0.717, 1.165) is 18.4 Å². The summed E-state index contributed by atoms with van der Waals surface area (Å²) in [5.74, 6) is 0.650. The Bertz CT molecular complexity index is 803. The second kappa shape index (κ2) is 8.02. The van der Waals surface area contributed by atoms with Gasteiger partial charge in [0.05, 0.1) is 5.56 Å². The number of rotatable bonds is 5. The van der Waals surface area contributed by atoms with Crippen LogP contribution >= 0.6 is 0 Å². The van der Waals surface area contributed by atoms with Crippen molar-refractivity contribution in [1.29, 1.82) is 0 Å². The predicted molar refractivity (Wildman–Crippen MR) is 90.3 cm³/mol. The molecule has 3 rings (SSSR count). The Morgan fingerprint density at radius 3 is 2.41 bits per heavy atom. The van der Waals surface area contributed by atoms with Crippen LogP contribution in [0.15, 0.2) is 43.0 Å². The number of ether oxygens (including phenoxy) is 1. The van der Waals surface area contributed by atoms with E-state index in [1.165, 1.54) is 18.5 Å². The van der Waals surface area contributed by atoms with Gasteiger partial charge in [-0.25, -0.2) is 15.0 Å². The number of piperazine rings is 1. The van der Waals surface area contributed by atoms with Gasteiger partial charge < -0.3 is 14.5 Å². The molecule has 0 unspecified atom stereocenters. The first-order valence-electron chi connectivity index (χ1n) is 8.10. The molecule has 0 amide bonds. The molecule has 1 aliphatic rings. The topological polar surface area (TPSA) is 71.5 Å². The molecule has 0 radical (unpaired) electrons. The zero-order chi connectivity index (χ0) is 19.3. The number of hydrogen-bond acceptors (Lipinski definition) is 7. The molecule has 0 bridgehead atoms. The fourth-order valence-electron chi connectivity index (χ4n) is 2.55. The molecule has 0 aliphatic carbocycles. The van der Waals surface area contributed by atoms with Crippen LogP contribution in [0.3, 0.4) is 0 Å². The minimum absolute atomic E-state index is 0.00250. The van der Waals surface area contributed by atoms with Crippen molar-refractivity contribution in [1.82, 2.24) is 19.9 Å². The molecule has 27 heavy (non-hydrogen) atoms. The second-order valence-corrected chi connectivity index (χ2v) is 5.67. The summed E-state index contributed by atoms with van der Waals surface area (Å²) in [6.45, 7) is 2.61. The highest BCUT2D eigenvalue weighted by molar-refractivity contribution is 5.64. The normalized spacial score (nSPS) is 15.2. The van der Waals surface area contributed by atoms with E-state index in [2.05, 4.69) is 15.0 Å². The van der Waals surface area contributed by atoms with Gasteiger partial charge in [-0.2, -0.15) is 13.2 Å². The lowest BCUT2D eigenvalue weighted by Gasteiger charge is -2.34. The molecule has 10 heteroatoms. The Labute approximate surface area is 153 Å². The molecule has 0 aromatic carbocycles. The monoisotopic (exact) mass is 379 g/mol. The number of pyridine rings is 1. The van der Waals surface area contributed by atoms with Crippen LogP contribution in [0.1, 0.15) is 5.56 Å².